The van der Waals surface area contributed by atoms with Gasteiger partial charge in [-0.05, 0) is 55.1 Å². The molecular weight excluding hydrogens is 375 g/mol. The lowest BCUT2D eigenvalue weighted by molar-refractivity contribution is 0.412. The van der Waals surface area contributed by atoms with Crippen molar-refractivity contribution in [2.24, 2.45) is 10.7 Å². The van der Waals surface area contributed by atoms with E-state index in [0.29, 0.717) is 11.8 Å². The number of nitrogens with zero attached hydrogens (tertiary/aromatic N) is 2. The third kappa shape index (κ3) is 4.01. The van der Waals surface area contributed by atoms with E-state index in [-0.39, 0.29) is 24.8 Å². The Morgan fingerprint density at radius 3 is 2.84 bits per heavy atom. The van der Waals surface area contributed by atoms with Gasteiger partial charge in [0, 0.05) is 23.6 Å². The van der Waals surface area contributed by atoms with Crippen LogP contribution in [0.5, 0.6) is 0 Å². The molecule has 3 aromatic rings. The summed E-state index contributed by atoms with van der Waals surface area (Å²) in [6, 6.07) is 10.3. The van der Waals surface area contributed by atoms with Crippen molar-refractivity contribution in [1.82, 2.24) is 9.88 Å². The normalized spacial score (nSPS) is 18.1. The summed E-state index contributed by atoms with van der Waals surface area (Å²) in [6.45, 7) is 2.31. The van der Waals surface area contributed by atoms with Gasteiger partial charge in [0.1, 0.15) is 5.84 Å². The number of aromatic amines is 1. The number of thiophene rings is 1. The summed E-state index contributed by atoms with van der Waals surface area (Å²) in [6.07, 6.45) is 3.39. The van der Waals surface area contributed by atoms with Crippen LogP contribution in [-0.2, 0) is 0 Å². The average Bonchev–Trinajstić information content (AvgIpc) is 3.26. The van der Waals surface area contributed by atoms with Gasteiger partial charge in [-0.3, -0.25) is 0 Å². The van der Waals surface area contributed by atoms with Crippen molar-refractivity contribution < 1.29 is 0 Å². The van der Waals surface area contributed by atoms with Crippen LogP contribution in [0, 0.1) is 0 Å². The molecule has 0 aliphatic carbocycles. The summed E-state index contributed by atoms with van der Waals surface area (Å²) in [5, 5.41) is 3.32. The number of amidine groups is 1. The summed E-state index contributed by atoms with van der Waals surface area (Å²) >= 11 is 1.61. The molecule has 1 aliphatic heterocycles. The SMILES string of the molecule is CN1CCC(c2c[nH]c3cc(N=C(N)c4cccs4)ccc23)C1.Cl.Cl. The number of rotatable bonds is 3. The summed E-state index contributed by atoms with van der Waals surface area (Å²) in [4.78, 5) is 11.3. The number of benzene rings is 1. The van der Waals surface area contributed by atoms with Gasteiger partial charge >= 0.3 is 0 Å². The highest BCUT2D eigenvalue weighted by Crippen LogP contribution is 2.33. The van der Waals surface area contributed by atoms with E-state index in [4.69, 9.17) is 5.73 Å². The molecule has 4 rings (SSSR count). The maximum Gasteiger partial charge on any atom is 0.141 e. The first-order valence-electron chi connectivity index (χ1n) is 7.88. The van der Waals surface area contributed by atoms with Crippen molar-refractivity contribution in [3.05, 3.63) is 52.3 Å². The number of likely N-dealkylation sites (N-methyl/N-ethyl adjacent to an activating group) is 1. The lowest BCUT2D eigenvalue weighted by atomic mass is 9.98. The van der Waals surface area contributed by atoms with Crippen LogP contribution in [-0.4, -0.2) is 35.9 Å². The highest BCUT2D eigenvalue weighted by molar-refractivity contribution is 7.12. The van der Waals surface area contributed by atoms with Gasteiger partial charge in [-0.2, -0.15) is 0 Å². The van der Waals surface area contributed by atoms with Crippen molar-refractivity contribution in [1.29, 1.82) is 0 Å². The van der Waals surface area contributed by atoms with Crippen molar-refractivity contribution in [3.63, 3.8) is 0 Å². The van der Waals surface area contributed by atoms with Gasteiger partial charge in [-0.25, -0.2) is 4.99 Å². The van der Waals surface area contributed by atoms with Gasteiger partial charge in [0.05, 0.1) is 10.6 Å². The van der Waals surface area contributed by atoms with E-state index in [0.717, 1.165) is 22.6 Å². The van der Waals surface area contributed by atoms with Crippen molar-refractivity contribution in [3.8, 4) is 0 Å². The van der Waals surface area contributed by atoms with Gasteiger partial charge in [0.25, 0.3) is 0 Å². The molecule has 1 saturated heterocycles. The smallest absolute Gasteiger partial charge is 0.141 e. The first-order chi connectivity index (χ1) is 11.2. The molecule has 1 aliphatic rings. The van der Waals surface area contributed by atoms with Crippen LogP contribution in [0.3, 0.4) is 0 Å². The van der Waals surface area contributed by atoms with Crippen LogP contribution in [0.4, 0.5) is 5.69 Å². The fraction of sp³-hybridized carbons (Fsp3) is 0.278. The Bertz CT molecular complexity index is 857. The molecule has 0 spiro atoms. The van der Waals surface area contributed by atoms with Crippen molar-refractivity contribution >= 4 is 58.6 Å². The first-order valence-corrected chi connectivity index (χ1v) is 8.76. The van der Waals surface area contributed by atoms with Gasteiger partial charge in [0.2, 0.25) is 0 Å². The number of hydrogen-bond acceptors (Lipinski definition) is 3. The van der Waals surface area contributed by atoms with Crippen molar-refractivity contribution in [2.45, 2.75) is 12.3 Å². The van der Waals surface area contributed by atoms with E-state index >= 15 is 0 Å². The molecule has 0 bridgehead atoms. The molecule has 0 saturated carbocycles. The topological polar surface area (TPSA) is 57.4 Å². The highest BCUT2D eigenvalue weighted by atomic mass is 35.5. The number of nitrogens with two attached hydrogens (primary N) is 1. The Labute approximate surface area is 164 Å². The summed E-state index contributed by atoms with van der Waals surface area (Å²) < 4.78 is 0. The lowest BCUT2D eigenvalue weighted by Gasteiger charge is -2.09. The number of aromatic nitrogens is 1. The van der Waals surface area contributed by atoms with Gasteiger partial charge < -0.3 is 15.6 Å². The Morgan fingerprint density at radius 2 is 2.16 bits per heavy atom. The number of nitrogens with one attached hydrogen (secondary N) is 1. The quantitative estimate of drug-likeness (QED) is 0.504. The molecule has 3 N–H and O–H groups in total. The molecule has 4 nitrogen and oxygen atoms in total. The fourth-order valence-corrected chi connectivity index (χ4v) is 3.98. The maximum absolute atomic E-state index is 6.08. The fourth-order valence-electron chi connectivity index (χ4n) is 3.35. The van der Waals surface area contributed by atoms with Crippen LogP contribution >= 0.6 is 36.2 Å². The molecule has 134 valence electrons. The monoisotopic (exact) mass is 396 g/mol. The molecule has 1 fully saturated rings. The minimum Gasteiger partial charge on any atom is -0.383 e. The molecule has 1 atom stereocenters. The highest BCUT2D eigenvalue weighted by Gasteiger charge is 2.23. The van der Waals surface area contributed by atoms with Gasteiger partial charge in [0.15, 0.2) is 0 Å². The minimum atomic E-state index is 0. The van der Waals surface area contributed by atoms with E-state index in [9.17, 15) is 0 Å². The predicted molar refractivity (Wildman–Crippen MR) is 112 cm³/mol. The van der Waals surface area contributed by atoms with E-state index < -0.39 is 0 Å². The largest absolute Gasteiger partial charge is 0.383 e. The van der Waals surface area contributed by atoms with Crippen LogP contribution in [0.15, 0.2) is 46.9 Å². The van der Waals surface area contributed by atoms with Crippen molar-refractivity contribution in [2.75, 3.05) is 20.1 Å². The third-order valence-electron chi connectivity index (χ3n) is 4.55. The minimum absolute atomic E-state index is 0. The second-order valence-corrected chi connectivity index (χ2v) is 7.14. The van der Waals surface area contributed by atoms with Crippen LogP contribution < -0.4 is 5.73 Å². The molecular formula is C18H22Cl2N4S. The average molecular weight is 397 g/mol. The number of aliphatic imine (C=N–C) groups is 1. The summed E-state index contributed by atoms with van der Waals surface area (Å²) in [5.41, 5.74) is 9.53. The Kier molecular flexibility index (Phi) is 6.52. The number of hydrogen-bond donors (Lipinski definition) is 2. The second-order valence-electron chi connectivity index (χ2n) is 6.20. The standard InChI is InChI=1S/C18H20N4S.2ClH/c1-22-7-6-12(11-22)15-10-20-16-9-13(4-5-14(15)16)21-18(19)17-3-2-8-23-17;;/h2-5,8-10,12,20H,6-7,11H2,1H3,(H2,19,21);2*1H. The summed E-state index contributed by atoms with van der Waals surface area (Å²) in [5.74, 6) is 1.20. The molecule has 3 heterocycles. The molecule has 1 aromatic carbocycles. The lowest BCUT2D eigenvalue weighted by Crippen LogP contribution is -2.13. The van der Waals surface area contributed by atoms with Crippen LogP contribution in [0.2, 0.25) is 0 Å². The van der Waals surface area contributed by atoms with Gasteiger partial charge in [-0.1, -0.05) is 12.1 Å². The number of halogens is 2. The Hall–Kier alpha value is -1.53. The first kappa shape index (κ1) is 19.8. The zero-order chi connectivity index (χ0) is 15.8. The zero-order valence-corrected chi connectivity index (χ0v) is 16.4. The van der Waals surface area contributed by atoms with Crippen LogP contribution in [0.25, 0.3) is 10.9 Å². The third-order valence-corrected chi connectivity index (χ3v) is 5.44. The molecule has 7 heteroatoms. The Morgan fingerprint density at radius 1 is 1.32 bits per heavy atom. The Balaban J connectivity index is 0.00000113. The predicted octanol–water partition coefficient (Wildman–Crippen LogP) is 4.53. The molecule has 1 unspecified atom stereocenters. The molecule has 0 amide bonds. The summed E-state index contributed by atoms with van der Waals surface area (Å²) in [7, 11) is 2.19. The van der Waals surface area contributed by atoms with Crippen LogP contribution in [0.1, 0.15) is 22.8 Å². The zero-order valence-electron chi connectivity index (χ0n) is 13.9. The molecule has 0 radical (unpaired) electrons. The molecule has 25 heavy (non-hydrogen) atoms. The maximum atomic E-state index is 6.08. The van der Waals surface area contributed by atoms with E-state index in [2.05, 4.69) is 46.3 Å². The second kappa shape index (κ2) is 8.23. The number of H-pyrrole nitrogens is 1. The number of likely N-dealkylation sites (tertiary alicyclic amines) is 1. The van der Waals surface area contributed by atoms with Gasteiger partial charge in [-0.15, -0.1) is 36.2 Å². The van der Waals surface area contributed by atoms with E-state index in [1.54, 1.807) is 11.3 Å². The molecule has 2 aromatic heterocycles. The van der Waals surface area contributed by atoms with E-state index in [1.165, 1.54) is 23.9 Å². The number of fused-ring (bicyclic) bond motifs is 1. The van der Waals surface area contributed by atoms with E-state index in [1.807, 2.05) is 17.5 Å².